The van der Waals surface area contributed by atoms with Crippen LogP contribution in [0.1, 0.15) is 52.6 Å². The molecule has 2 rings (SSSR count). The van der Waals surface area contributed by atoms with Gasteiger partial charge in [0.2, 0.25) is 0 Å². The lowest BCUT2D eigenvalue weighted by atomic mass is 10.0. The molecule has 0 saturated heterocycles. The highest BCUT2D eigenvalue weighted by molar-refractivity contribution is 5.95. The highest BCUT2D eigenvalue weighted by Crippen LogP contribution is 2.13. The monoisotopic (exact) mass is 354 g/mol. The summed E-state index contributed by atoms with van der Waals surface area (Å²) >= 11 is 0. The van der Waals surface area contributed by atoms with Crippen LogP contribution < -0.4 is 0 Å². The van der Waals surface area contributed by atoms with Gasteiger partial charge in [0, 0.05) is 11.1 Å². The minimum absolute atomic E-state index is 0.0694. The number of rotatable bonds is 4. The molecule has 2 aromatic carbocycles. The maximum atomic E-state index is 11.1. The van der Waals surface area contributed by atoms with Gasteiger partial charge in [-0.2, -0.15) is 0 Å². The Morgan fingerprint density at radius 1 is 0.500 bits per heavy atom. The number of carboxylic acids is 4. The summed E-state index contributed by atoms with van der Waals surface area (Å²) < 4.78 is 0. The second-order valence-corrected chi connectivity index (χ2v) is 5.07. The quantitative estimate of drug-likeness (QED) is 0.608. The van der Waals surface area contributed by atoms with E-state index < -0.39 is 23.9 Å². The topological polar surface area (TPSA) is 149 Å². The molecule has 0 aromatic heterocycles. The summed E-state index contributed by atoms with van der Waals surface area (Å²) in [6, 6.07) is 6.57. The maximum absolute atomic E-state index is 11.1. The number of aromatic carboxylic acids is 4. The average Bonchev–Trinajstić information content (AvgIpc) is 2.59. The molecule has 8 heteroatoms. The van der Waals surface area contributed by atoms with Crippen molar-refractivity contribution in [2.24, 2.45) is 0 Å². The van der Waals surface area contributed by atoms with Crippen LogP contribution in [-0.4, -0.2) is 44.3 Å². The Bertz CT molecular complexity index is 864. The molecule has 0 fully saturated rings. The predicted molar refractivity (Wildman–Crippen MR) is 86.7 cm³/mol. The molecule has 2 aromatic rings. The molecule has 130 valence electrons. The van der Waals surface area contributed by atoms with Crippen molar-refractivity contribution in [2.45, 2.75) is 0 Å². The molecule has 0 aliphatic rings. The third-order valence-corrected chi connectivity index (χ3v) is 3.21. The van der Waals surface area contributed by atoms with Gasteiger partial charge in [-0.3, -0.25) is 0 Å². The minimum atomic E-state index is -1.34. The third-order valence-electron chi connectivity index (χ3n) is 3.21. The second-order valence-electron chi connectivity index (χ2n) is 5.07. The van der Waals surface area contributed by atoms with Gasteiger partial charge in [-0.1, -0.05) is 11.8 Å². The SMILES string of the molecule is O=C(O)c1cc(C#Cc2cc(C(=O)O)cc(C(=O)O)c2)cc(C(=O)O)c1. The number of hydrogen-bond acceptors (Lipinski definition) is 4. The standard InChI is InChI=1S/C18H10O8/c19-15(20)11-3-9(4-12(7-11)16(21)22)1-2-10-5-13(17(23)24)8-14(6-10)18(25)26/h3-8H,(H,19,20)(H,21,22)(H,23,24)(H,25,26). The molecule has 0 aliphatic carbocycles. The van der Waals surface area contributed by atoms with Crippen molar-refractivity contribution < 1.29 is 39.6 Å². The van der Waals surface area contributed by atoms with E-state index in [2.05, 4.69) is 11.8 Å². The largest absolute Gasteiger partial charge is 0.478 e. The van der Waals surface area contributed by atoms with E-state index in [4.69, 9.17) is 20.4 Å². The zero-order valence-corrected chi connectivity index (χ0v) is 12.9. The van der Waals surface area contributed by atoms with E-state index >= 15 is 0 Å². The smallest absolute Gasteiger partial charge is 0.335 e. The van der Waals surface area contributed by atoms with Crippen molar-refractivity contribution in [1.29, 1.82) is 0 Å². The Balaban J connectivity index is 2.55. The number of carbonyl (C=O) groups is 4. The molecule has 26 heavy (non-hydrogen) atoms. The summed E-state index contributed by atoms with van der Waals surface area (Å²) in [6.45, 7) is 0. The van der Waals surface area contributed by atoms with E-state index in [1.807, 2.05) is 0 Å². The van der Waals surface area contributed by atoms with Crippen molar-refractivity contribution >= 4 is 23.9 Å². The summed E-state index contributed by atoms with van der Waals surface area (Å²) in [6.07, 6.45) is 0. The first-order valence-electron chi connectivity index (χ1n) is 6.93. The summed E-state index contributed by atoms with van der Waals surface area (Å²) in [5.74, 6) is -0.301. The van der Waals surface area contributed by atoms with Gasteiger partial charge in [-0.05, 0) is 36.4 Å². The Kier molecular flexibility index (Phi) is 5.04. The first kappa shape index (κ1) is 18.2. The van der Waals surface area contributed by atoms with Crippen LogP contribution in [0.2, 0.25) is 0 Å². The van der Waals surface area contributed by atoms with E-state index in [-0.39, 0.29) is 33.4 Å². The lowest BCUT2D eigenvalue weighted by Crippen LogP contribution is -2.03. The maximum Gasteiger partial charge on any atom is 0.335 e. The summed E-state index contributed by atoms with van der Waals surface area (Å²) in [5, 5.41) is 36.1. The first-order valence-corrected chi connectivity index (χ1v) is 6.93. The zero-order chi connectivity index (χ0) is 19.4. The van der Waals surface area contributed by atoms with Gasteiger partial charge in [-0.15, -0.1) is 0 Å². The van der Waals surface area contributed by atoms with Crippen LogP contribution in [0, 0.1) is 11.8 Å². The Morgan fingerprint density at radius 2 is 0.731 bits per heavy atom. The Morgan fingerprint density at radius 3 is 0.923 bits per heavy atom. The fraction of sp³-hybridized carbons (Fsp3) is 0. The normalized spacial score (nSPS) is 9.69. The Labute approximate surface area is 146 Å². The van der Waals surface area contributed by atoms with Crippen LogP contribution in [0.5, 0.6) is 0 Å². The molecule has 8 nitrogen and oxygen atoms in total. The molecular weight excluding hydrogens is 344 g/mol. The molecule has 0 bridgehead atoms. The van der Waals surface area contributed by atoms with E-state index in [1.165, 1.54) is 0 Å². The lowest BCUT2D eigenvalue weighted by molar-refractivity contribution is 0.0676. The second kappa shape index (κ2) is 7.19. The number of benzene rings is 2. The third kappa shape index (κ3) is 4.24. The predicted octanol–water partition coefficient (Wildman–Crippen LogP) is 1.88. The summed E-state index contributed by atoms with van der Waals surface area (Å²) in [7, 11) is 0. The molecule has 0 saturated carbocycles. The fourth-order valence-electron chi connectivity index (χ4n) is 2.04. The van der Waals surface area contributed by atoms with Gasteiger partial charge in [0.1, 0.15) is 0 Å². The van der Waals surface area contributed by atoms with E-state index in [0.29, 0.717) is 0 Å². The molecular formula is C18H10O8. The average molecular weight is 354 g/mol. The summed E-state index contributed by atoms with van der Waals surface area (Å²) in [4.78, 5) is 44.3. The highest BCUT2D eigenvalue weighted by atomic mass is 16.4. The number of hydrogen-bond donors (Lipinski definition) is 4. The van der Waals surface area contributed by atoms with Gasteiger partial charge < -0.3 is 20.4 Å². The van der Waals surface area contributed by atoms with Crippen LogP contribution in [0.3, 0.4) is 0 Å². The van der Waals surface area contributed by atoms with Gasteiger partial charge in [0.25, 0.3) is 0 Å². The molecule has 0 spiro atoms. The minimum Gasteiger partial charge on any atom is -0.478 e. The molecule has 0 unspecified atom stereocenters. The van der Waals surface area contributed by atoms with E-state index in [0.717, 1.165) is 36.4 Å². The van der Waals surface area contributed by atoms with Crippen molar-refractivity contribution in [3.63, 3.8) is 0 Å². The molecule has 0 amide bonds. The molecule has 0 radical (unpaired) electrons. The molecule has 4 N–H and O–H groups in total. The van der Waals surface area contributed by atoms with Gasteiger partial charge in [-0.25, -0.2) is 19.2 Å². The summed E-state index contributed by atoms with van der Waals surface area (Å²) in [5.41, 5.74) is -0.973. The van der Waals surface area contributed by atoms with E-state index in [9.17, 15) is 19.2 Å². The molecule has 0 aliphatic heterocycles. The molecule has 0 heterocycles. The van der Waals surface area contributed by atoms with Crippen molar-refractivity contribution in [3.05, 3.63) is 69.8 Å². The van der Waals surface area contributed by atoms with E-state index in [1.54, 1.807) is 0 Å². The fourth-order valence-corrected chi connectivity index (χ4v) is 2.04. The van der Waals surface area contributed by atoms with Crippen LogP contribution in [-0.2, 0) is 0 Å². The Hall–Kier alpha value is -4.12. The highest BCUT2D eigenvalue weighted by Gasteiger charge is 2.12. The van der Waals surface area contributed by atoms with Crippen LogP contribution >= 0.6 is 0 Å². The molecule has 0 atom stereocenters. The first-order chi connectivity index (χ1) is 12.2. The van der Waals surface area contributed by atoms with Crippen LogP contribution in [0.4, 0.5) is 0 Å². The van der Waals surface area contributed by atoms with Gasteiger partial charge >= 0.3 is 23.9 Å². The van der Waals surface area contributed by atoms with Crippen molar-refractivity contribution in [3.8, 4) is 11.8 Å². The van der Waals surface area contributed by atoms with Crippen molar-refractivity contribution in [2.75, 3.05) is 0 Å². The zero-order valence-electron chi connectivity index (χ0n) is 12.9. The van der Waals surface area contributed by atoms with Gasteiger partial charge in [0.05, 0.1) is 22.3 Å². The van der Waals surface area contributed by atoms with Gasteiger partial charge in [0.15, 0.2) is 0 Å². The van der Waals surface area contributed by atoms with Crippen LogP contribution in [0.25, 0.3) is 0 Å². The van der Waals surface area contributed by atoms with Crippen molar-refractivity contribution in [1.82, 2.24) is 0 Å². The lowest BCUT2D eigenvalue weighted by Gasteiger charge is -2.01. The van der Waals surface area contributed by atoms with Crippen LogP contribution in [0.15, 0.2) is 36.4 Å². The number of carboxylic acid groups (broad SMARTS) is 4.